The van der Waals surface area contributed by atoms with Crippen LogP contribution >= 0.6 is 27.7 Å². The maximum absolute atomic E-state index is 14.3. The molecule has 3 aromatic rings. The fourth-order valence-corrected chi connectivity index (χ4v) is 4.11. The number of benzene rings is 2. The van der Waals surface area contributed by atoms with E-state index in [0.717, 1.165) is 10.0 Å². The van der Waals surface area contributed by atoms with E-state index in [2.05, 4.69) is 40.0 Å². The molecule has 0 aliphatic rings. The summed E-state index contributed by atoms with van der Waals surface area (Å²) in [4.78, 5) is 14.3. The van der Waals surface area contributed by atoms with Gasteiger partial charge in [-0.15, -0.1) is 10.2 Å². The zero-order chi connectivity index (χ0) is 21.7. The molecule has 0 fully saturated rings. The highest BCUT2D eigenvalue weighted by atomic mass is 79.9. The Morgan fingerprint density at radius 1 is 1.17 bits per heavy atom. The Balaban J connectivity index is 1.72. The molecule has 0 saturated heterocycles. The predicted octanol–water partition coefficient (Wildman–Crippen LogP) is 5.25. The van der Waals surface area contributed by atoms with Crippen molar-refractivity contribution in [1.29, 1.82) is 0 Å². The summed E-state index contributed by atoms with van der Waals surface area (Å²) >= 11 is 4.74. The average Bonchev–Trinajstić information content (AvgIpc) is 3.09. The van der Waals surface area contributed by atoms with Crippen LogP contribution in [0.2, 0.25) is 0 Å². The molecule has 0 aliphatic carbocycles. The fraction of sp³-hybridized carbons (Fsp3) is 0.318. The predicted molar refractivity (Wildman–Crippen MR) is 122 cm³/mol. The lowest BCUT2D eigenvalue weighted by molar-refractivity contribution is -0.127. The van der Waals surface area contributed by atoms with Gasteiger partial charge in [-0.1, -0.05) is 65.8 Å². The summed E-state index contributed by atoms with van der Waals surface area (Å²) < 4.78 is 17.2. The van der Waals surface area contributed by atoms with Gasteiger partial charge in [0, 0.05) is 24.6 Å². The molecule has 2 aromatic carbocycles. The van der Waals surface area contributed by atoms with Gasteiger partial charge in [0.2, 0.25) is 5.91 Å². The molecule has 0 bridgehead atoms. The molecule has 0 aliphatic heterocycles. The minimum Gasteiger partial charge on any atom is -0.341 e. The van der Waals surface area contributed by atoms with Gasteiger partial charge in [0.1, 0.15) is 5.82 Å². The third kappa shape index (κ3) is 5.70. The van der Waals surface area contributed by atoms with Crippen LogP contribution in [0.4, 0.5) is 4.39 Å². The van der Waals surface area contributed by atoms with Crippen molar-refractivity contribution in [2.75, 3.05) is 12.8 Å². The van der Waals surface area contributed by atoms with Gasteiger partial charge in [-0.05, 0) is 35.7 Å². The molecular weight excluding hydrogens is 467 g/mol. The first-order valence-electron chi connectivity index (χ1n) is 9.64. The lowest BCUT2D eigenvalue weighted by Gasteiger charge is -2.17. The van der Waals surface area contributed by atoms with Crippen LogP contribution in [0.15, 0.2) is 58.2 Å². The molecule has 0 saturated carbocycles. The Labute approximate surface area is 188 Å². The zero-order valence-corrected chi connectivity index (χ0v) is 19.6. The quantitative estimate of drug-likeness (QED) is 0.404. The van der Waals surface area contributed by atoms with Gasteiger partial charge in [-0.25, -0.2) is 4.39 Å². The lowest BCUT2D eigenvalue weighted by atomic mass is 10.2. The molecule has 0 radical (unpaired) electrons. The molecule has 0 unspecified atom stereocenters. The second kappa shape index (κ2) is 10.2. The number of rotatable bonds is 8. The molecule has 3 rings (SSSR count). The van der Waals surface area contributed by atoms with E-state index in [1.807, 2.05) is 28.8 Å². The van der Waals surface area contributed by atoms with Gasteiger partial charge < -0.3 is 9.47 Å². The smallest absolute Gasteiger partial charge is 0.233 e. The van der Waals surface area contributed by atoms with Gasteiger partial charge in [0.05, 0.1) is 11.3 Å². The molecule has 1 aromatic heterocycles. The first kappa shape index (κ1) is 22.5. The van der Waals surface area contributed by atoms with Crippen molar-refractivity contribution in [1.82, 2.24) is 19.7 Å². The van der Waals surface area contributed by atoms with Crippen molar-refractivity contribution in [2.45, 2.75) is 32.1 Å². The van der Waals surface area contributed by atoms with Crippen molar-refractivity contribution in [3.63, 3.8) is 0 Å². The van der Waals surface area contributed by atoms with E-state index >= 15 is 0 Å². The number of aromatic nitrogens is 3. The van der Waals surface area contributed by atoms with E-state index in [1.165, 1.54) is 17.8 Å². The van der Waals surface area contributed by atoms with E-state index in [9.17, 15) is 9.18 Å². The Bertz CT molecular complexity index is 1010. The fourth-order valence-electron chi connectivity index (χ4n) is 2.96. The Kier molecular flexibility index (Phi) is 7.66. The SMILES string of the molecule is CC(C)Cn1c(SCC(=O)N(C)Cc2ccc(Br)cc2)nnc1-c1ccccc1F. The summed E-state index contributed by atoms with van der Waals surface area (Å²) in [6.07, 6.45) is 0. The molecule has 30 heavy (non-hydrogen) atoms. The van der Waals surface area contributed by atoms with Crippen LogP contribution in [0.25, 0.3) is 11.4 Å². The first-order valence-corrected chi connectivity index (χ1v) is 11.4. The van der Waals surface area contributed by atoms with Crippen molar-refractivity contribution in [3.05, 3.63) is 64.4 Å². The monoisotopic (exact) mass is 490 g/mol. The molecular formula is C22H24BrFN4OS. The molecule has 0 N–H and O–H groups in total. The van der Waals surface area contributed by atoms with Crippen molar-refractivity contribution < 1.29 is 9.18 Å². The Morgan fingerprint density at radius 3 is 2.53 bits per heavy atom. The molecule has 8 heteroatoms. The number of amides is 1. The standard InChI is InChI=1S/C22H24BrFN4OS/c1-15(2)12-28-21(18-6-4-5-7-19(18)24)25-26-22(28)30-14-20(29)27(3)13-16-8-10-17(23)11-9-16/h4-11,15H,12-14H2,1-3H3. The van der Waals surface area contributed by atoms with E-state index in [-0.39, 0.29) is 17.5 Å². The third-order valence-electron chi connectivity index (χ3n) is 4.46. The molecule has 158 valence electrons. The summed E-state index contributed by atoms with van der Waals surface area (Å²) in [5.41, 5.74) is 1.47. The van der Waals surface area contributed by atoms with Gasteiger partial charge in [0.25, 0.3) is 0 Å². The number of nitrogens with zero attached hydrogens (tertiary/aromatic N) is 4. The van der Waals surface area contributed by atoms with E-state index in [1.54, 1.807) is 30.1 Å². The molecule has 0 atom stereocenters. The average molecular weight is 491 g/mol. The van der Waals surface area contributed by atoms with Gasteiger partial charge >= 0.3 is 0 Å². The second-order valence-electron chi connectivity index (χ2n) is 7.46. The highest BCUT2D eigenvalue weighted by molar-refractivity contribution is 9.10. The molecule has 1 heterocycles. The van der Waals surface area contributed by atoms with Crippen LogP contribution in [0.1, 0.15) is 19.4 Å². The number of hydrogen-bond acceptors (Lipinski definition) is 4. The Morgan fingerprint density at radius 2 is 1.87 bits per heavy atom. The highest BCUT2D eigenvalue weighted by Gasteiger charge is 2.19. The summed E-state index contributed by atoms with van der Waals surface area (Å²) in [5, 5.41) is 9.08. The van der Waals surface area contributed by atoms with Crippen LogP contribution in [-0.4, -0.2) is 38.4 Å². The highest BCUT2D eigenvalue weighted by Crippen LogP contribution is 2.27. The number of carbonyl (C=O) groups is 1. The minimum absolute atomic E-state index is 0.00513. The van der Waals surface area contributed by atoms with Crippen LogP contribution in [0.3, 0.4) is 0 Å². The summed E-state index contributed by atoms with van der Waals surface area (Å²) in [6, 6.07) is 14.4. The van der Waals surface area contributed by atoms with Crippen LogP contribution in [0, 0.1) is 11.7 Å². The van der Waals surface area contributed by atoms with Gasteiger partial charge in [-0.2, -0.15) is 0 Å². The topological polar surface area (TPSA) is 51.0 Å². The third-order valence-corrected chi connectivity index (χ3v) is 5.94. The maximum Gasteiger partial charge on any atom is 0.233 e. The van der Waals surface area contributed by atoms with Crippen molar-refractivity contribution in [2.24, 2.45) is 5.92 Å². The second-order valence-corrected chi connectivity index (χ2v) is 9.31. The number of thioether (sulfide) groups is 1. The maximum atomic E-state index is 14.3. The summed E-state index contributed by atoms with van der Waals surface area (Å²) in [7, 11) is 1.79. The molecule has 5 nitrogen and oxygen atoms in total. The largest absolute Gasteiger partial charge is 0.341 e. The van der Waals surface area contributed by atoms with Crippen molar-refractivity contribution >= 4 is 33.6 Å². The lowest BCUT2D eigenvalue weighted by Crippen LogP contribution is -2.28. The first-order chi connectivity index (χ1) is 14.3. The summed E-state index contributed by atoms with van der Waals surface area (Å²) in [5.74, 6) is 0.702. The number of carbonyl (C=O) groups excluding carboxylic acids is 1. The number of halogens is 2. The van der Waals surface area contributed by atoms with Crippen LogP contribution in [-0.2, 0) is 17.9 Å². The zero-order valence-electron chi connectivity index (χ0n) is 17.2. The van der Waals surface area contributed by atoms with Gasteiger partial charge in [-0.3, -0.25) is 4.79 Å². The van der Waals surface area contributed by atoms with Crippen LogP contribution in [0.5, 0.6) is 0 Å². The number of hydrogen-bond donors (Lipinski definition) is 0. The van der Waals surface area contributed by atoms with Gasteiger partial charge in [0.15, 0.2) is 11.0 Å². The minimum atomic E-state index is -0.336. The van der Waals surface area contributed by atoms with Crippen LogP contribution < -0.4 is 0 Å². The van der Waals surface area contributed by atoms with E-state index < -0.39 is 0 Å². The normalized spacial score (nSPS) is 11.1. The van der Waals surface area contributed by atoms with E-state index in [0.29, 0.717) is 35.6 Å². The summed E-state index contributed by atoms with van der Waals surface area (Å²) in [6.45, 7) is 5.33. The molecule has 0 spiro atoms. The Hall–Kier alpha value is -2.19. The van der Waals surface area contributed by atoms with E-state index in [4.69, 9.17) is 0 Å². The van der Waals surface area contributed by atoms with Crippen molar-refractivity contribution in [3.8, 4) is 11.4 Å². The molecule has 1 amide bonds.